The van der Waals surface area contributed by atoms with Gasteiger partial charge in [0.25, 0.3) is 0 Å². The monoisotopic (exact) mass is 463 g/mol. The largest absolute Gasteiger partial charge is 0.491 e. The van der Waals surface area contributed by atoms with Crippen LogP contribution in [-0.2, 0) is 0 Å². The maximum Gasteiger partial charge on any atom is 0.125 e. The number of aromatic nitrogens is 1. The zero-order valence-electron chi connectivity index (χ0n) is 19.1. The van der Waals surface area contributed by atoms with E-state index in [1.807, 2.05) is 12.1 Å². The molecule has 0 aliphatic heterocycles. The maximum atomic E-state index is 9.28. The lowest BCUT2D eigenvalue weighted by atomic mass is 10.00. The fourth-order valence-electron chi connectivity index (χ4n) is 5.01. The molecule has 0 atom stereocenters. The third-order valence-electron chi connectivity index (χ3n) is 6.39. The lowest BCUT2D eigenvalue weighted by molar-refractivity contribution is 0.194. The van der Waals surface area contributed by atoms with Crippen LogP contribution in [0.2, 0.25) is 0 Å². The third-order valence-corrected chi connectivity index (χ3v) is 6.39. The van der Waals surface area contributed by atoms with Crippen LogP contribution in [0, 0.1) is 0 Å². The van der Waals surface area contributed by atoms with Crippen LogP contribution in [0.25, 0.3) is 49.0 Å². The van der Waals surface area contributed by atoms with E-state index in [0.29, 0.717) is 11.5 Å². The van der Waals surface area contributed by atoms with Crippen LogP contribution in [0.1, 0.15) is 0 Å². The summed E-state index contributed by atoms with van der Waals surface area (Å²) >= 11 is 0. The number of rotatable bonds is 7. The number of ether oxygens (including phenoxy) is 2. The summed E-state index contributed by atoms with van der Waals surface area (Å²) < 4.78 is 13.8. The van der Waals surface area contributed by atoms with Gasteiger partial charge in [0.2, 0.25) is 0 Å². The van der Waals surface area contributed by atoms with Crippen molar-refractivity contribution in [2.24, 2.45) is 0 Å². The highest BCUT2D eigenvalue weighted by Crippen LogP contribution is 2.41. The summed E-state index contributed by atoms with van der Waals surface area (Å²) in [6.45, 7) is 0.214. The van der Waals surface area contributed by atoms with E-state index < -0.39 is 0 Å². The number of aliphatic hydroxyl groups excluding tert-OH is 2. The van der Waals surface area contributed by atoms with Crippen LogP contribution >= 0.6 is 0 Å². The molecule has 6 aromatic rings. The average Bonchev–Trinajstić information content (AvgIpc) is 3.26. The van der Waals surface area contributed by atoms with E-state index in [1.165, 1.54) is 32.3 Å². The first-order valence-corrected chi connectivity index (χ1v) is 11.7. The summed E-state index contributed by atoms with van der Waals surface area (Å²) in [6.07, 6.45) is 0. The number of hydrogen-bond acceptors (Lipinski definition) is 4. The smallest absolute Gasteiger partial charge is 0.125 e. The molecule has 0 aliphatic carbocycles. The van der Waals surface area contributed by atoms with E-state index in [0.717, 1.165) is 16.7 Å². The highest BCUT2D eigenvalue weighted by molar-refractivity contribution is 6.28. The lowest BCUT2D eigenvalue weighted by Gasteiger charge is -2.14. The van der Waals surface area contributed by atoms with Gasteiger partial charge >= 0.3 is 0 Å². The number of aliphatic hydroxyl groups is 2. The Labute approximate surface area is 202 Å². The Hall–Kier alpha value is -4.06. The van der Waals surface area contributed by atoms with E-state index in [2.05, 4.69) is 77.4 Å². The molecule has 0 aliphatic rings. The number of benzene rings is 5. The van der Waals surface area contributed by atoms with Crippen molar-refractivity contribution in [2.45, 2.75) is 0 Å². The van der Waals surface area contributed by atoms with Crippen molar-refractivity contribution in [3.05, 3.63) is 91.0 Å². The topological polar surface area (TPSA) is 63.9 Å². The highest BCUT2D eigenvalue weighted by Gasteiger charge is 2.18. The second kappa shape index (κ2) is 8.95. The molecule has 0 bridgehead atoms. The lowest BCUT2D eigenvalue weighted by Crippen LogP contribution is -2.05. The van der Waals surface area contributed by atoms with Crippen molar-refractivity contribution in [1.82, 2.24) is 4.57 Å². The van der Waals surface area contributed by atoms with Gasteiger partial charge < -0.3 is 24.3 Å². The Morgan fingerprint density at radius 3 is 1.54 bits per heavy atom. The van der Waals surface area contributed by atoms with Crippen molar-refractivity contribution in [3.8, 4) is 17.2 Å². The van der Waals surface area contributed by atoms with E-state index in [1.54, 1.807) is 6.07 Å². The quantitative estimate of drug-likeness (QED) is 0.313. The highest BCUT2D eigenvalue weighted by atomic mass is 16.5. The average molecular weight is 464 g/mol. The Morgan fingerprint density at radius 2 is 1.06 bits per heavy atom. The van der Waals surface area contributed by atoms with Gasteiger partial charge in [0.1, 0.15) is 24.7 Å². The molecule has 0 amide bonds. The second-order valence-corrected chi connectivity index (χ2v) is 8.50. The molecule has 0 saturated carbocycles. The van der Waals surface area contributed by atoms with Crippen LogP contribution in [-0.4, -0.2) is 41.2 Å². The summed E-state index contributed by atoms with van der Waals surface area (Å²) in [7, 11) is 0. The predicted molar refractivity (Wildman–Crippen MR) is 141 cm³/mol. The zero-order chi connectivity index (χ0) is 23.8. The summed E-state index contributed by atoms with van der Waals surface area (Å²) in [6, 6.07) is 31.3. The zero-order valence-corrected chi connectivity index (χ0v) is 19.1. The molecule has 6 rings (SSSR count). The molecule has 0 unspecified atom stereocenters. The minimum absolute atomic E-state index is 0.0790. The van der Waals surface area contributed by atoms with Crippen LogP contribution in [0.15, 0.2) is 91.0 Å². The number of hydrogen-bond donors (Lipinski definition) is 2. The molecule has 35 heavy (non-hydrogen) atoms. The third kappa shape index (κ3) is 3.66. The molecule has 1 aromatic heterocycles. The Morgan fingerprint density at radius 1 is 0.571 bits per heavy atom. The molecular weight excluding hydrogens is 438 g/mol. The Balaban J connectivity index is 1.73. The van der Waals surface area contributed by atoms with Gasteiger partial charge in [-0.1, -0.05) is 60.7 Å². The minimum Gasteiger partial charge on any atom is -0.491 e. The second-order valence-electron chi connectivity index (χ2n) is 8.50. The molecule has 5 heteroatoms. The van der Waals surface area contributed by atoms with Crippen LogP contribution in [0.5, 0.6) is 11.5 Å². The van der Waals surface area contributed by atoms with Crippen molar-refractivity contribution in [1.29, 1.82) is 0 Å². The van der Waals surface area contributed by atoms with Crippen molar-refractivity contribution in [2.75, 3.05) is 26.4 Å². The first-order valence-electron chi connectivity index (χ1n) is 11.7. The molecule has 1 heterocycles. The van der Waals surface area contributed by atoms with Gasteiger partial charge in [-0.25, -0.2) is 0 Å². The predicted octanol–water partition coefficient (Wildman–Crippen LogP) is 5.83. The van der Waals surface area contributed by atoms with E-state index in [-0.39, 0.29) is 26.4 Å². The minimum atomic E-state index is -0.0790. The Bertz CT molecular complexity index is 1570. The maximum absolute atomic E-state index is 9.28. The molecule has 0 saturated heterocycles. The summed E-state index contributed by atoms with van der Waals surface area (Å²) in [4.78, 5) is 0. The fourth-order valence-corrected chi connectivity index (χ4v) is 5.01. The standard InChI is InChI=1S/C30H25NO4/c32-13-15-34-23-17-22(18-24(19-23)35-16-14-33)31-27-11-9-20-5-1-3-7-25(20)29(27)30-26-8-4-2-6-21(26)10-12-28(30)31/h1-12,17-19,32-33H,13-16H2. The van der Waals surface area contributed by atoms with Gasteiger partial charge in [-0.05, 0) is 33.7 Å². The van der Waals surface area contributed by atoms with Gasteiger partial charge in [-0.3, -0.25) is 0 Å². The van der Waals surface area contributed by atoms with Gasteiger partial charge in [0, 0.05) is 29.0 Å². The van der Waals surface area contributed by atoms with Gasteiger partial charge in [0.15, 0.2) is 0 Å². The number of nitrogens with zero attached hydrogens (tertiary/aromatic N) is 1. The summed E-state index contributed by atoms with van der Waals surface area (Å²) in [5.74, 6) is 1.20. The van der Waals surface area contributed by atoms with E-state index in [4.69, 9.17) is 9.47 Å². The molecule has 5 nitrogen and oxygen atoms in total. The SMILES string of the molecule is OCCOc1cc(OCCO)cc(-n2c3ccc4ccccc4c3c3c4ccccc4ccc32)c1. The molecule has 174 valence electrons. The van der Waals surface area contributed by atoms with Crippen LogP contribution < -0.4 is 9.47 Å². The van der Waals surface area contributed by atoms with Crippen LogP contribution in [0.3, 0.4) is 0 Å². The molecule has 0 spiro atoms. The summed E-state index contributed by atoms with van der Waals surface area (Å²) in [5.41, 5.74) is 3.06. The van der Waals surface area contributed by atoms with Gasteiger partial charge in [-0.15, -0.1) is 0 Å². The van der Waals surface area contributed by atoms with E-state index in [9.17, 15) is 10.2 Å². The Kier molecular flexibility index (Phi) is 5.49. The van der Waals surface area contributed by atoms with Crippen molar-refractivity contribution >= 4 is 43.4 Å². The van der Waals surface area contributed by atoms with E-state index >= 15 is 0 Å². The molecule has 2 N–H and O–H groups in total. The van der Waals surface area contributed by atoms with Gasteiger partial charge in [0.05, 0.1) is 29.9 Å². The molecule has 5 aromatic carbocycles. The molecule has 0 radical (unpaired) electrons. The molecular formula is C30H25NO4. The fraction of sp³-hybridized carbons (Fsp3) is 0.133. The summed E-state index contributed by atoms with van der Waals surface area (Å²) in [5, 5.41) is 25.8. The van der Waals surface area contributed by atoms with Crippen LogP contribution in [0.4, 0.5) is 0 Å². The molecule has 0 fully saturated rings. The number of fused-ring (bicyclic) bond motifs is 7. The van der Waals surface area contributed by atoms with Crippen molar-refractivity contribution < 1.29 is 19.7 Å². The van der Waals surface area contributed by atoms with Crippen molar-refractivity contribution in [3.63, 3.8) is 0 Å². The first-order chi connectivity index (χ1) is 17.3. The van der Waals surface area contributed by atoms with Gasteiger partial charge in [-0.2, -0.15) is 0 Å². The normalized spacial score (nSPS) is 11.6. The first kappa shape index (κ1) is 21.5.